The van der Waals surface area contributed by atoms with Crippen LogP contribution in [0.3, 0.4) is 0 Å². The summed E-state index contributed by atoms with van der Waals surface area (Å²) in [5.74, 6) is 0.157. The van der Waals surface area contributed by atoms with E-state index in [1.54, 1.807) is 12.4 Å². The van der Waals surface area contributed by atoms with Gasteiger partial charge in [-0.25, -0.2) is 0 Å². The molecule has 4 nitrogen and oxygen atoms in total. The molecule has 1 aromatic heterocycles. The van der Waals surface area contributed by atoms with Crippen molar-refractivity contribution < 1.29 is 9.53 Å². The van der Waals surface area contributed by atoms with Crippen LogP contribution in [0.4, 0.5) is 0 Å². The van der Waals surface area contributed by atoms with Crippen molar-refractivity contribution in [2.75, 3.05) is 19.7 Å². The molecule has 0 bridgehead atoms. The highest BCUT2D eigenvalue weighted by Crippen LogP contribution is 2.14. The van der Waals surface area contributed by atoms with Gasteiger partial charge in [-0.15, -0.1) is 0 Å². The van der Waals surface area contributed by atoms with Crippen molar-refractivity contribution in [3.05, 3.63) is 30.1 Å². The maximum atomic E-state index is 12.3. The molecule has 1 aromatic rings. The number of ether oxygens (including phenoxy) is 1. The van der Waals surface area contributed by atoms with Gasteiger partial charge in [0.2, 0.25) is 5.91 Å². The van der Waals surface area contributed by atoms with Gasteiger partial charge >= 0.3 is 0 Å². The third kappa shape index (κ3) is 4.31. The molecule has 2 heterocycles. The van der Waals surface area contributed by atoms with Gasteiger partial charge in [-0.2, -0.15) is 0 Å². The average molecular weight is 262 g/mol. The van der Waals surface area contributed by atoms with Crippen LogP contribution in [0, 0.1) is 0 Å². The molecule has 1 atom stereocenters. The molecule has 19 heavy (non-hydrogen) atoms. The molecule has 0 saturated carbocycles. The van der Waals surface area contributed by atoms with Gasteiger partial charge in [-0.3, -0.25) is 9.78 Å². The number of carbonyl (C=O) groups excluding carboxylic acids is 1. The second-order valence-corrected chi connectivity index (χ2v) is 4.96. The SMILES string of the molecule is CCN(C[C@@H]1CCCCO1)C(=O)Cc1cccnc1. The molecule has 1 aliphatic rings. The molecule has 1 fully saturated rings. The Kier molecular flexibility index (Phi) is 5.33. The first-order chi connectivity index (χ1) is 9.29. The van der Waals surface area contributed by atoms with E-state index in [1.165, 1.54) is 6.42 Å². The van der Waals surface area contributed by atoms with Gasteiger partial charge in [-0.05, 0) is 37.8 Å². The summed E-state index contributed by atoms with van der Waals surface area (Å²) >= 11 is 0. The number of hydrogen-bond donors (Lipinski definition) is 0. The number of likely N-dealkylation sites (N-methyl/N-ethyl adjacent to an activating group) is 1. The van der Waals surface area contributed by atoms with Crippen LogP contribution in [0.5, 0.6) is 0 Å². The van der Waals surface area contributed by atoms with Gasteiger partial charge < -0.3 is 9.64 Å². The van der Waals surface area contributed by atoms with E-state index in [4.69, 9.17) is 4.74 Å². The van der Waals surface area contributed by atoms with Crippen molar-refractivity contribution in [1.29, 1.82) is 0 Å². The maximum Gasteiger partial charge on any atom is 0.227 e. The highest BCUT2D eigenvalue weighted by molar-refractivity contribution is 5.78. The molecule has 0 aromatic carbocycles. The summed E-state index contributed by atoms with van der Waals surface area (Å²) in [5.41, 5.74) is 0.968. The molecule has 0 N–H and O–H groups in total. The highest BCUT2D eigenvalue weighted by Gasteiger charge is 2.20. The Labute approximate surface area is 114 Å². The van der Waals surface area contributed by atoms with Gasteiger partial charge in [0.25, 0.3) is 0 Å². The van der Waals surface area contributed by atoms with Crippen molar-refractivity contribution in [3.8, 4) is 0 Å². The van der Waals surface area contributed by atoms with E-state index in [9.17, 15) is 4.79 Å². The van der Waals surface area contributed by atoms with Gasteiger partial charge in [0.15, 0.2) is 0 Å². The molecule has 1 aliphatic heterocycles. The van der Waals surface area contributed by atoms with Crippen LogP contribution < -0.4 is 0 Å². The Balaban J connectivity index is 1.87. The number of carbonyl (C=O) groups is 1. The van der Waals surface area contributed by atoms with E-state index in [1.807, 2.05) is 24.0 Å². The van der Waals surface area contributed by atoms with Crippen molar-refractivity contribution in [2.45, 2.75) is 38.7 Å². The van der Waals surface area contributed by atoms with Crippen molar-refractivity contribution >= 4 is 5.91 Å². The number of rotatable bonds is 5. The summed E-state index contributed by atoms with van der Waals surface area (Å²) in [7, 11) is 0. The molecule has 0 radical (unpaired) electrons. The Morgan fingerprint density at radius 3 is 3.05 bits per heavy atom. The topological polar surface area (TPSA) is 42.4 Å². The Morgan fingerprint density at radius 2 is 2.42 bits per heavy atom. The first kappa shape index (κ1) is 14.0. The predicted octanol–water partition coefficient (Wildman–Crippen LogP) is 2.04. The third-order valence-electron chi connectivity index (χ3n) is 3.51. The van der Waals surface area contributed by atoms with Crippen LogP contribution in [0.25, 0.3) is 0 Å². The minimum atomic E-state index is 0.157. The fraction of sp³-hybridized carbons (Fsp3) is 0.600. The molecule has 0 spiro atoms. The monoisotopic (exact) mass is 262 g/mol. The molecule has 104 valence electrons. The quantitative estimate of drug-likeness (QED) is 0.815. The van der Waals surface area contributed by atoms with E-state index in [0.717, 1.165) is 38.1 Å². The lowest BCUT2D eigenvalue weighted by molar-refractivity contribution is -0.132. The van der Waals surface area contributed by atoms with Crippen molar-refractivity contribution in [2.24, 2.45) is 0 Å². The molecular weight excluding hydrogens is 240 g/mol. The Morgan fingerprint density at radius 1 is 1.53 bits per heavy atom. The van der Waals surface area contributed by atoms with E-state index in [-0.39, 0.29) is 12.0 Å². The van der Waals surface area contributed by atoms with Gasteiger partial charge in [0.1, 0.15) is 0 Å². The fourth-order valence-electron chi connectivity index (χ4n) is 2.39. The lowest BCUT2D eigenvalue weighted by Gasteiger charge is -2.29. The van der Waals surface area contributed by atoms with Gasteiger partial charge in [0, 0.05) is 32.1 Å². The summed E-state index contributed by atoms with van der Waals surface area (Å²) in [6.07, 6.45) is 7.53. The molecule has 2 rings (SSSR count). The number of amides is 1. The maximum absolute atomic E-state index is 12.3. The number of nitrogens with zero attached hydrogens (tertiary/aromatic N) is 2. The van der Waals surface area contributed by atoms with Gasteiger partial charge in [-0.1, -0.05) is 6.07 Å². The largest absolute Gasteiger partial charge is 0.376 e. The second kappa shape index (κ2) is 7.24. The van der Waals surface area contributed by atoms with Gasteiger partial charge in [0.05, 0.1) is 12.5 Å². The molecule has 1 saturated heterocycles. The lowest BCUT2D eigenvalue weighted by atomic mass is 10.1. The lowest BCUT2D eigenvalue weighted by Crippen LogP contribution is -2.40. The Bertz CT molecular complexity index is 388. The highest BCUT2D eigenvalue weighted by atomic mass is 16.5. The minimum absolute atomic E-state index is 0.157. The van der Waals surface area contributed by atoms with E-state index in [0.29, 0.717) is 6.42 Å². The van der Waals surface area contributed by atoms with Crippen LogP contribution >= 0.6 is 0 Å². The zero-order chi connectivity index (χ0) is 13.5. The summed E-state index contributed by atoms with van der Waals surface area (Å²) in [6.45, 7) is 4.30. The van der Waals surface area contributed by atoms with Crippen LogP contribution in [0.15, 0.2) is 24.5 Å². The number of aromatic nitrogens is 1. The van der Waals surface area contributed by atoms with Crippen LogP contribution in [-0.2, 0) is 16.0 Å². The first-order valence-electron chi connectivity index (χ1n) is 7.08. The number of pyridine rings is 1. The fourth-order valence-corrected chi connectivity index (χ4v) is 2.39. The normalized spacial score (nSPS) is 19.1. The van der Waals surface area contributed by atoms with Crippen LogP contribution in [0.1, 0.15) is 31.7 Å². The summed E-state index contributed by atoms with van der Waals surface area (Å²) in [4.78, 5) is 18.2. The van der Waals surface area contributed by atoms with E-state index < -0.39 is 0 Å². The van der Waals surface area contributed by atoms with Crippen LogP contribution in [-0.4, -0.2) is 41.6 Å². The molecule has 0 aliphatic carbocycles. The van der Waals surface area contributed by atoms with Crippen molar-refractivity contribution in [3.63, 3.8) is 0 Å². The standard InChI is InChI=1S/C15H22N2O2/c1-2-17(12-14-7-3-4-9-19-14)15(18)10-13-6-5-8-16-11-13/h5-6,8,11,14H,2-4,7,9-10,12H2,1H3/t14-/m0/s1. The molecule has 0 unspecified atom stereocenters. The zero-order valence-corrected chi connectivity index (χ0v) is 11.5. The smallest absolute Gasteiger partial charge is 0.227 e. The Hall–Kier alpha value is -1.42. The number of hydrogen-bond acceptors (Lipinski definition) is 3. The van der Waals surface area contributed by atoms with E-state index in [2.05, 4.69) is 4.98 Å². The summed E-state index contributed by atoms with van der Waals surface area (Å²) < 4.78 is 5.70. The third-order valence-corrected chi connectivity index (χ3v) is 3.51. The molecular formula is C15H22N2O2. The van der Waals surface area contributed by atoms with Crippen molar-refractivity contribution in [1.82, 2.24) is 9.88 Å². The summed E-state index contributed by atoms with van der Waals surface area (Å²) in [6, 6.07) is 3.80. The molecule has 1 amide bonds. The predicted molar refractivity (Wildman–Crippen MR) is 73.8 cm³/mol. The average Bonchev–Trinajstić information content (AvgIpc) is 2.47. The zero-order valence-electron chi connectivity index (χ0n) is 11.5. The minimum Gasteiger partial charge on any atom is -0.376 e. The van der Waals surface area contributed by atoms with Crippen LogP contribution in [0.2, 0.25) is 0 Å². The summed E-state index contributed by atoms with van der Waals surface area (Å²) in [5, 5.41) is 0. The van der Waals surface area contributed by atoms with E-state index >= 15 is 0 Å². The first-order valence-corrected chi connectivity index (χ1v) is 7.08. The molecule has 4 heteroatoms. The second-order valence-electron chi connectivity index (χ2n) is 4.96.